The van der Waals surface area contributed by atoms with Crippen LogP contribution < -0.4 is 0 Å². The van der Waals surface area contributed by atoms with Crippen molar-refractivity contribution >= 4 is 0 Å². The molecule has 0 bridgehead atoms. The van der Waals surface area contributed by atoms with Gasteiger partial charge in [0.15, 0.2) is 0 Å². The quantitative estimate of drug-likeness (QED) is 0.476. The van der Waals surface area contributed by atoms with E-state index in [-0.39, 0.29) is 0 Å². The molecule has 4 rings (SSSR count). The van der Waals surface area contributed by atoms with E-state index in [9.17, 15) is 0 Å². The molecular weight excluding hydrogens is 300 g/mol. The lowest BCUT2D eigenvalue weighted by Gasteiger charge is -2.64. The van der Waals surface area contributed by atoms with Crippen molar-refractivity contribution in [3.63, 3.8) is 0 Å². The first-order valence-corrected chi connectivity index (χ1v) is 11.8. The van der Waals surface area contributed by atoms with Crippen molar-refractivity contribution in [1.82, 2.24) is 0 Å². The maximum absolute atomic E-state index is 2.81. The van der Waals surface area contributed by atoms with E-state index < -0.39 is 0 Å². The van der Waals surface area contributed by atoms with Gasteiger partial charge in [0.1, 0.15) is 0 Å². The van der Waals surface area contributed by atoms with Crippen molar-refractivity contribution in [3.05, 3.63) is 0 Å². The molecule has 0 N–H and O–H groups in total. The van der Waals surface area contributed by atoms with E-state index in [1.807, 2.05) is 0 Å². The molecule has 5 atom stereocenters. The van der Waals surface area contributed by atoms with Crippen LogP contribution in [0, 0.1) is 39.4 Å². The van der Waals surface area contributed by atoms with Crippen LogP contribution in [0.3, 0.4) is 0 Å². The van der Waals surface area contributed by atoms with Gasteiger partial charge >= 0.3 is 0 Å². The van der Waals surface area contributed by atoms with Gasteiger partial charge in [-0.3, -0.25) is 0 Å². The molecule has 0 saturated heterocycles. The smallest absolute Gasteiger partial charge is 0.0182 e. The summed E-state index contributed by atoms with van der Waals surface area (Å²) in [5, 5.41) is 0. The maximum atomic E-state index is 2.81. The van der Waals surface area contributed by atoms with Crippen LogP contribution in [0.2, 0.25) is 0 Å². The van der Waals surface area contributed by atoms with Gasteiger partial charge in [0, 0.05) is 0 Å². The molecule has 144 valence electrons. The Balaban J connectivity index is 1.81. The highest BCUT2D eigenvalue weighted by molar-refractivity contribution is 5.19. The largest absolute Gasteiger partial charge is 0.0591 e. The molecule has 0 nitrogen and oxygen atoms in total. The van der Waals surface area contributed by atoms with Crippen LogP contribution >= 0.6 is 0 Å². The normalized spacial score (nSPS) is 47.2. The van der Waals surface area contributed by atoms with Crippen LogP contribution in [0.1, 0.15) is 118 Å². The molecule has 4 fully saturated rings. The molecule has 0 spiro atoms. The van der Waals surface area contributed by atoms with Gasteiger partial charge in [0.2, 0.25) is 0 Å². The molecule has 0 aromatic carbocycles. The highest BCUT2D eigenvalue weighted by Crippen LogP contribution is 2.77. The molecule has 0 aliphatic heterocycles. The first-order chi connectivity index (χ1) is 11.8. The van der Waals surface area contributed by atoms with Gasteiger partial charge in [-0.05, 0) is 77.9 Å². The highest BCUT2D eigenvalue weighted by Gasteiger charge is 2.71. The van der Waals surface area contributed by atoms with Gasteiger partial charge in [-0.15, -0.1) is 0 Å². The zero-order valence-electron chi connectivity index (χ0n) is 17.9. The Bertz CT molecular complexity index is 496. The third-order valence-corrected chi connectivity index (χ3v) is 11.3. The topological polar surface area (TPSA) is 0 Å². The lowest BCUT2D eigenvalue weighted by molar-refractivity contribution is -0.156. The number of rotatable bonds is 2. The van der Waals surface area contributed by atoms with E-state index in [1.54, 1.807) is 12.8 Å². The molecule has 4 aliphatic rings. The van der Waals surface area contributed by atoms with Crippen LogP contribution in [0.5, 0.6) is 0 Å². The first kappa shape index (κ1) is 18.4. The second-order valence-electron chi connectivity index (χ2n) is 11.8. The zero-order valence-corrected chi connectivity index (χ0v) is 17.9. The molecule has 0 aromatic rings. The Morgan fingerprint density at radius 3 is 1.92 bits per heavy atom. The molecule has 4 aliphatic carbocycles. The lowest BCUT2D eigenvalue weighted by Crippen LogP contribution is -2.57. The summed E-state index contributed by atoms with van der Waals surface area (Å²) in [5.41, 5.74) is 2.13. The Kier molecular flexibility index (Phi) is 4.41. The minimum absolute atomic E-state index is 0.460. The monoisotopic (exact) mass is 344 g/mol. The number of fused-ring (bicyclic) bond motifs is 3. The third-order valence-electron chi connectivity index (χ3n) is 11.3. The standard InChI is InChI=1S/C25H44/c1-22(2,23(3)16-10-6-11-17-23)25(5)21-15-8-7-13-19(21)20-14-9-12-18-24(20,25)4/h19-21H,6-18H2,1-5H3. The van der Waals surface area contributed by atoms with Crippen LogP contribution in [0.25, 0.3) is 0 Å². The van der Waals surface area contributed by atoms with Crippen molar-refractivity contribution in [1.29, 1.82) is 0 Å². The Hall–Kier alpha value is 0. The average Bonchev–Trinajstić information content (AvgIpc) is 2.82. The average molecular weight is 345 g/mol. The summed E-state index contributed by atoms with van der Waals surface area (Å²) in [6.07, 6.45) is 19.6. The van der Waals surface area contributed by atoms with E-state index in [0.29, 0.717) is 21.7 Å². The predicted octanol–water partition coefficient (Wildman–Crippen LogP) is 8.01. The third kappa shape index (κ3) is 2.24. The van der Waals surface area contributed by atoms with Crippen LogP contribution in [0.15, 0.2) is 0 Å². The summed E-state index contributed by atoms with van der Waals surface area (Å²) in [5.74, 6) is 3.08. The predicted molar refractivity (Wildman–Crippen MR) is 109 cm³/mol. The van der Waals surface area contributed by atoms with Crippen molar-refractivity contribution in [2.75, 3.05) is 0 Å². The van der Waals surface area contributed by atoms with Crippen molar-refractivity contribution in [2.24, 2.45) is 39.4 Å². The molecule has 0 amide bonds. The van der Waals surface area contributed by atoms with E-state index in [1.165, 1.54) is 70.6 Å². The molecule has 0 aromatic heterocycles. The molecule has 5 unspecified atom stereocenters. The van der Waals surface area contributed by atoms with Crippen molar-refractivity contribution in [3.8, 4) is 0 Å². The second-order valence-corrected chi connectivity index (χ2v) is 11.8. The molecule has 0 radical (unpaired) electrons. The minimum atomic E-state index is 0.460. The van der Waals surface area contributed by atoms with E-state index in [2.05, 4.69) is 34.6 Å². The van der Waals surface area contributed by atoms with Gasteiger partial charge in [0.05, 0.1) is 0 Å². The molecular formula is C25H44. The van der Waals surface area contributed by atoms with Crippen molar-refractivity contribution in [2.45, 2.75) is 118 Å². The lowest BCUT2D eigenvalue weighted by atomic mass is 9.40. The van der Waals surface area contributed by atoms with Crippen LogP contribution in [0.4, 0.5) is 0 Å². The molecule has 0 heterocycles. The van der Waals surface area contributed by atoms with Crippen molar-refractivity contribution < 1.29 is 0 Å². The highest BCUT2D eigenvalue weighted by atomic mass is 14.7. The number of hydrogen-bond donors (Lipinski definition) is 0. The fraction of sp³-hybridized carbons (Fsp3) is 1.00. The summed E-state index contributed by atoms with van der Waals surface area (Å²) >= 11 is 0. The fourth-order valence-electron chi connectivity index (χ4n) is 9.23. The van der Waals surface area contributed by atoms with Crippen LogP contribution in [-0.4, -0.2) is 0 Å². The fourth-order valence-corrected chi connectivity index (χ4v) is 9.23. The summed E-state index contributed by atoms with van der Waals surface area (Å²) in [6.45, 7) is 13.7. The van der Waals surface area contributed by atoms with Gasteiger partial charge < -0.3 is 0 Å². The van der Waals surface area contributed by atoms with E-state index in [4.69, 9.17) is 0 Å². The van der Waals surface area contributed by atoms with E-state index in [0.717, 1.165) is 17.8 Å². The second kappa shape index (κ2) is 6.00. The first-order valence-electron chi connectivity index (χ1n) is 11.8. The maximum Gasteiger partial charge on any atom is -0.0182 e. The number of hydrogen-bond acceptors (Lipinski definition) is 0. The van der Waals surface area contributed by atoms with Gasteiger partial charge in [-0.25, -0.2) is 0 Å². The van der Waals surface area contributed by atoms with Gasteiger partial charge in [0.25, 0.3) is 0 Å². The SMILES string of the molecule is CC1(C(C)(C)C2(C)C3CCCCC3C3CCCCC32C)CCCCC1. The van der Waals surface area contributed by atoms with Gasteiger partial charge in [-0.2, -0.15) is 0 Å². The molecule has 0 heteroatoms. The summed E-state index contributed by atoms with van der Waals surface area (Å²) < 4.78 is 0. The Labute approximate surface area is 157 Å². The van der Waals surface area contributed by atoms with E-state index >= 15 is 0 Å². The van der Waals surface area contributed by atoms with Gasteiger partial charge in [-0.1, -0.05) is 79.6 Å². The summed E-state index contributed by atoms with van der Waals surface area (Å²) in [4.78, 5) is 0. The summed E-state index contributed by atoms with van der Waals surface area (Å²) in [6, 6.07) is 0. The summed E-state index contributed by atoms with van der Waals surface area (Å²) in [7, 11) is 0. The Morgan fingerprint density at radius 1 is 0.640 bits per heavy atom. The molecule has 25 heavy (non-hydrogen) atoms. The van der Waals surface area contributed by atoms with Crippen LogP contribution in [-0.2, 0) is 0 Å². The zero-order chi connectivity index (χ0) is 17.9. The molecule has 4 saturated carbocycles. The Morgan fingerprint density at radius 2 is 1.20 bits per heavy atom. The minimum Gasteiger partial charge on any atom is -0.0591 e.